The predicted octanol–water partition coefficient (Wildman–Crippen LogP) is 6.44. The van der Waals surface area contributed by atoms with Gasteiger partial charge in [-0.25, -0.2) is 14.6 Å². The second kappa shape index (κ2) is 11.4. The summed E-state index contributed by atoms with van der Waals surface area (Å²) in [6, 6.07) is 12.8. The molecule has 3 aromatic rings. The molecular weight excluding hydrogens is 527 g/mol. The van der Waals surface area contributed by atoms with Gasteiger partial charge in [0.25, 0.3) is 0 Å². The van der Waals surface area contributed by atoms with Crippen LogP contribution in [0.4, 0.5) is 13.2 Å². The SMILES string of the molecule is CCc1c(CN2C=CC2C(=O)OC(=O)C(F)(F)F)cccc1-c1cnc(-c2ccc(CC(C)C)c(C#N)c2)s1. The minimum Gasteiger partial charge on any atom is -0.385 e. The molecule has 0 amide bonds. The van der Waals surface area contributed by atoms with Crippen molar-refractivity contribution in [2.75, 3.05) is 0 Å². The summed E-state index contributed by atoms with van der Waals surface area (Å²) < 4.78 is 41.4. The highest BCUT2D eigenvalue weighted by molar-refractivity contribution is 7.18. The Balaban J connectivity index is 1.55. The number of benzene rings is 2. The van der Waals surface area contributed by atoms with Crippen molar-refractivity contribution in [3.63, 3.8) is 0 Å². The van der Waals surface area contributed by atoms with Crippen LogP contribution in [0.3, 0.4) is 0 Å². The molecule has 1 unspecified atom stereocenters. The number of aromatic nitrogens is 1. The molecule has 4 rings (SSSR count). The predicted molar refractivity (Wildman–Crippen MR) is 141 cm³/mol. The van der Waals surface area contributed by atoms with Gasteiger partial charge < -0.3 is 9.64 Å². The van der Waals surface area contributed by atoms with Crippen LogP contribution in [-0.4, -0.2) is 34.0 Å². The molecule has 1 aliphatic heterocycles. The van der Waals surface area contributed by atoms with Crippen molar-refractivity contribution in [2.24, 2.45) is 5.92 Å². The summed E-state index contributed by atoms with van der Waals surface area (Å²) in [7, 11) is 0. The monoisotopic (exact) mass is 553 g/mol. The Kier molecular flexibility index (Phi) is 8.21. The first kappa shape index (κ1) is 28.0. The van der Waals surface area contributed by atoms with E-state index in [1.54, 1.807) is 12.4 Å². The van der Waals surface area contributed by atoms with E-state index in [-0.39, 0.29) is 6.54 Å². The Morgan fingerprint density at radius 1 is 1.21 bits per heavy atom. The molecular formula is C29H26F3N3O3S. The third-order valence-corrected chi connectivity index (χ3v) is 7.42. The maximum Gasteiger partial charge on any atom is 0.491 e. The van der Waals surface area contributed by atoms with Crippen LogP contribution >= 0.6 is 11.3 Å². The van der Waals surface area contributed by atoms with E-state index in [2.05, 4.69) is 29.6 Å². The highest BCUT2D eigenvalue weighted by atomic mass is 32.1. The van der Waals surface area contributed by atoms with Crippen LogP contribution < -0.4 is 0 Å². The second-order valence-corrected chi connectivity index (χ2v) is 10.6. The molecule has 0 bridgehead atoms. The Morgan fingerprint density at radius 2 is 1.97 bits per heavy atom. The molecule has 0 saturated carbocycles. The molecule has 1 atom stereocenters. The number of esters is 2. The van der Waals surface area contributed by atoms with Crippen molar-refractivity contribution < 1.29 is 27.5 Å². The van der Waals surface area contributed by atoms with Gasteiger partial charge in [-0.3, -0.25) is 0 Å². The number of carbonyl (C=O) groups is 2. The zero-order valence-electron chi connectivity index (χ0n) is 21.6. The first-order valence-electron chi connectivity index (χ1n) is 12.4. The van der Waals surface area contributed by atoms with E-state index < -0.39 is 24.2 Å². The molecule has 0 fully saturated rings. The van der Waals surface area contributed by atoms with Crippen molar-refractivity contribution in [2.45, 2.75) is 52.4 Å². The highest BCUT2D eigenvalue weighted by Crippen LogP contribution is 2.36. The van der Waals surface area contributed by atoms with Gasteiger partial charge in [0.2, 0.25) is 0 Å². The summed E-state index contributed by atoms with van der Waals surface area (Å²) >= 11 is 1.50. The van der Waals surface area contributed by atoms with E-state index in [1.165, 1.54) is 22.3 Å². The smallest absolute Gasteiger partial charge is 0.385 e. The maximum atomic E-state index is 12.5. The maximum absolute atomic E-state index is 12.5. The van der Waals surface area contributed by atoms with Crippen molar-refractivity contribution in [1.29, 1.82) is 5.26 Å². The average Bonchev–Trinajstić information content (AvgIpc) is 3.35. The van der Waals surface area contributed by atoms with E-state index in [0.29, 0.717) is 17.9 Å². The van der Waals surface area contributed by atoms with E-state index in [4.69, 9.17) is 0 Å². The summed E-state index contributed by atoms with van der Waals surface area (Å²) in [5, 5.41) is 10.4. The van der Waals surface area contributed by atoms with Gasteiger partial charge in [-0.2, -0.15) is 18.4 Å². The normalized spacial score (nSPS) is 14.7. The summed E-state index contributed by atoms with van der Waals surface area (Å²) in [6.45, 7) is 6.47. The van der Waals surface area contributed by atoms with Gasteiger partial charge >= 0.3 is 18.1 Å². The van der Waals surface area contributed by atoms with Gasteiger partial charge in [-0.15, -0.1) is 11.3 Å². The molecule has 10 heteroatoms. The van der Waals surface area contributed by atoms with Crippen LogP contribution in [0.15, 0.2) is 54.9 Å². The van der Waals surface area contributed by atoms with E-state index in [9.17, 15) is 28.0 Å². The number of ether oxygens (including phenoxy) is 1. The molecule has 202 valence electrons. The van der Waals surface area contributed by atoms with E-state index in [1.807, 2.05) is 43.3 Å². The number of alkyl halides is 3. The molecule has 1 aromatic heterocycles. The van der Waals surface area contributed by atoms with Crippen LogP contribution in [-0.2, 0) is 33.7 Å². The summed E-state index contributed by atoms with van der Waals surface area (Å²) in [5.74, 6) is -3.36. The van der Waals surface area contributed by atoms with E-state index in [0.717, 1.165) is 44.1 Å². The van der Waals surface area contributed by atoms with Crippen LogP contribution in [0.5, 0.6) is 0 Å². The Bertz CT molecular complexity index is 1470. The first-order chi connectivity index (χ1) is 18.5. The lowest BCUT2D eigenvalue weighted by Gasteiger charge is -2.34. The molecule has 39 heavy (non-hydrogen) atoms. The van der Waals surface area contributed by atoms with Crippen LogP contribution in [0.1, 0.15) is 43.0 Å². The van der Waals surface area contributed by atoms with E-state index >= 15 is 0 Å². The highest BCUT2D eigenvalue weighted by Gasteiger charge is 2.44. The zero-order valence-corrected chi connectivity index (χ0v) is 22.4. The molecule has 0 saturated heterocycles. The summed E-state index contributed by atoms with van der Waals surface area (Å²) in [6.07, 6.45) is 1.01. The summed E-state index contributed by atoms with van der Waals surface area (Å²) in [5.41, 5.74) is 5.38. The summed E-state index contributed by atoms with van der Waals surface area (Å²) in [4.78, 5) is 30.2. The van der Waals surface area contributed by atoms with Crippen LogP contribution in [0, 0.1) is 17.2 Å². The third-order valence-electron chi connectivity index (χ3n) is 6.34. The fraction of sp³-hybridized carbons (Fsp3) is 0.310. The van der Waals surface area contributed by atoms with Crippen molar-refractivity contribution in [3.8, 4) is 27.1 Å². The lowest BCUT2D eigenvalue weighted by atomic mass is 9.96. The van der Waals surface area contributed by atoms with Gasteiger partial charge in [0, 0.05) is 18.3 Å². The van der Waals surface area contributed by atoms with Crippen molar-refractivity contribution in [1.82, 2.24) is 9.88 Å². The van der Waals surface area contributed by atoms with Gasteiger partial charge in [0.15, 0.2) is 0 Å². The lowest BCUT2D eigenvalue weighted by molar-refractivity contribution is -0.203. The van der Waals surface area contributed by atoms with Gasteiger partial charge in [-0.1, -0.05) is 51.1 Å². The lowest BCUT2D eigenvalue weighted by Crippen LogP contribution is -2.45. The molecule has 2 aromatic carbocycles. The number of thiazole rings is 1. The van der Waals surface area contributed by atoms with Crippen LogP contribution in [0.2, 0.25) is 0 Å². The Morgan fingerprint density at radius 3 is 2.59 bits per heavy atom. The Hall–Kier alpha value is -3.97. The fourth-order valence-electron chi connectivity index (χ4n) is 4.46. The number of nitriles is 1. The largest absolute Gasteiger partial charge is 0.491 e. The third kappa shape index (κ3) is 6.20. The molecule has 0 aliphatic carbocycles. The number of carbonyl (C=O) groups excluding carboxylic acids is 2. The minimum atomic E-state index is -5.24. The number of halogens is 3. The molecule has 0 N–H and O–H groups in total. The van der Waals surface area contributed by atoms with Gasteiger partial charge in [0.1, 0.15) is 11.0 Å². The van der Waals surface area contributed by atoms with Crippen LogP contribution in [0.25, 0.3) is 21.0 Å². The molecule has 2 heterocycles. The Labute approximate surface area is 228 Å². The first-order valence-corrected chi connectivity index (χ1v) is 13.2. The molecule has 0 radical (unpaired) electrons. The fourth-order valence-corrected chi connectivity index (χ4v) is 5.42. The molecule has 1 aliphatic rings. The molecule has 6 nitrogen and oxygen atoms in total. The zero-order chi connectivity index (χ0) is 28.3. The van der Waals surface area contributed by atoms with Crippen molar-refractivity contribution >= 4 is 23.3 Å². The average molecular weight is 554 g/mol. The van der Waals surface area contributed by atoms with Gasteiger partial charge in [-0.05, 0) is 59.4 Å². The molecule has 0 spiro atoms. The van der Waals surface area contributed by atoms with Crippen molar-refractivity contribution in [3.05, 3.63) is 77.1 Å². The quantitative estimate of drug-likeness (QED) is 0.236. The topological polar surface area (TPSA) is 83.3 Å². The standard InChI is InChI=1S/C29H26F3N3O3S/c1-4-22-20(16-35-11-10-24(35)27(36)38-28(37)29(30,31)32)6-5-7-23(22)25-15-34-26(39-25)19-9-8-18(12-17(2)3)21(13-19)14-33/h5-11,13,15,17,24H,4,12,16H2,1-3H3. The second-order valence-electron chi connectivity index (χ2n) is 9.57. The number of nitrogens with zero attached hydrogens (tertiary/aromatic N) is 3. The number of hydrogen-bond donors (Lipinski definition) is 0. The number of rotatable bonds is 8. The minimum absolute atomic E-state index is 0.252. The van der Waals surface area contributed by atoms with Gasteiger partial charge in [0.05, 0.1) is 16.5 Å². The number of hydrogen-bond acceptors (Lipinski definition) is 7.